The van der Waals surface area contributed by atoms with Crippen LogP contribution in [-0.4, -0.2) is 44.7 Å². The van der Waals surface area contributed by atoms with E-state index in [1.54, 1.807) is 44.2 Å². The number of amides is 2. The van der Waals surface area contributed by atoms with Gasteiger partial charge in [0, 0.05) is 37.0 Å². The van der Waals surface area contributed by atoms with Gasteiger partial charge < -0.3 is 10.6 Å². The van der Waals surface area contributed by atoms with Crippen molar-refractivity contribution in [2.24, 2.45) is 5.92 Å². The summed E-state index contributed by atoms with van der Waals surface area (Å²) in [6.45, 7) is 6.68. The first-order valence-corrected chi connectivity index (χ1v) is 11.8. The summed E-state index contributed by atoms with van der Waals surface area (Å²) in [4.78, 5) is 24.9. The lowest BCUT2D eigenvalue weighted by Crippen LogP contribution is -2.38. The second-order valence-electron chi connectivity index (χ2n) is 8.12. The molecule has 31 heavy (non-hydrogen) atoms. The maximum absolute atomic E-state index is 13.3. The second-order valence-corrected chi connectivity index (χ2v) is 10.0. The minimum atomic E-state index is -3.69. The van der Waals surface area contributed by atoms with E-state index >= 15 is 0 Å². The van der Waals surface area contributed by atoms with E-state index in [0.717, 1.165) is 18.4 Å². The van der Waals surface area contributed by atoms with Crippen LogP contribution >= 0.6 is 0 Å². The van der Waals surface area contributed by atoms with Crippen molar-refractivity contribution in [3.05, 3.63) is 58.7 Å². The van der Waals surface area contributed by atoms with Crippen LogP contribution in [0.5, 0.6) is 0 Å². The third-order valence-electron chi connectivity index (χ3n) is 5.85. The zero-order chi connectivity index (χ0) is 22.8. The van der Waals surface area contributed by atoms with Crippen LogP contribution in [0.1, 0.15) is 51.6 Å². The molecular formula is C23H29N3O4S. The van der Waals surface area contributed by atoms with Gasteiger partial charge in [0.2, 0.25) is 10.0 Å². The molecule has 0 aliphatic carbocycles. The van der Waals surface area contributed by atoms with Gasteiger partial charge in [0.05, 0.1) is 4.90 Å². The predicted molar refractivity (Wildman–Crippen MR) is 121 cm³/mol. The van der Waals surface area contributed by atoms with Crippen molar-refractivity contribution >= 4 is 27.5 Å². The maximum Gasteiger partial charge on any atom is 0.255 e. The lowest BCUT2D eigenvalue weighted by Gasteiger charge is -2.30. The van der Waals surface area contributed by atoms with Crippen molar-refractivity contribution in [1.82, 2.24) is 9.62 Å². The number of nitrogens with one attached hydrogen (secondary N) is 2. The minimum Gasteiger partial charge on any atom is -0.355 e. The third kappa shape index (κ3) is 4.97. The molecule has 3 rings (SSSR count). The number of rotatable bonds is 5. The van der Waals surface area contributed by atoms with E-state index in [2.05, 4.69) is 17.6 Å². The molecule has 166 valence electrons. The largest absolute Gasteiger partial charge is 0.355 e. The van der Waals surface area contributed by atoms with Crippen LogP contribution < -0.4 is 10.6 Å². The number of carbonyl (C=O) groups is 2. The van der Waals surface area contributed by atoms with Gasteiger partial charge in [-0.2, -0.15) is 4.31 Å². The van der Waals surface area contributed by atoms with E-state index < -0.39 is 15.9 Å². The van der Waals surface area contributed by atoms with E-state index in [-0.39, 0.29) is 16.4 Å². The Balaban J connectivity index is 1.90. The number of hydrogen-bond acceptors (Lipinski definition) is 4. The van der Waals surface area contributed by atoms with Crippen molar-refractivity contribution in [1.29, 1.82) is 0 Å². The van der Waals surface area contributed by atoms with Crippen LogP contribution in [0, 0.1) is 19.8 Å². The summed E-state index contributed by atoms with van der Waals surface area (Å²) in [6.07, 6.45) is 1.66. The monoisotopic (exact) mass is 443 g/mol. The highest BCUT2D eigenvalue weighted by atomic mass is 32.2. The van der Waals surface area contributed by atoms with E-state index in [1.165, 1.54) is 17.4 Å². The number of sulfonamides is 1. The Morgan fingerprint density at radius 3 is 2.32 bits per heavy atom. The van der Waals surface area contributed by atoms with Crippen molar-refractivity contribution in [2.45, 2.75) is 38.5 Å². The fraction of sp³-hybridized carbons (Fsp3) is 0.391. The molecule has 2 N–H and O–H groups in total. The smallest absolute Gasteiger partial charge is 0.255 e. The van der Waals surface area contributed by atoms with Gasteiger partial charge in [-0.05, 0) is 74.1 Å². The summed E-state index contributed by atoms with van der Waals surface area (Å²) in [5.41, 5.74) is 2.52. The quantitative estimate of drug-likeness (QED) is 0.741. The van der Waals surface area contributed by atoms with Gasteiger partial charge >= 0.3 is 0 Å². The van der Waals surface area contributed by atoms with Gasteiger partial charge in [0.25, 0.3) is 11.8 Å². The molecule has 1 aliphatic rings. The van der Waals surface area contributed by atoms with Gasteiger partial charge in [-0.25, -0.2) is 8.42 Å². The molecule has 1 heterocycles. The average molecular weight is 444 g/mol. The second kappa shape index (κ2) is 9.20. The van der Waals surface area contributed by atoms with Crippen LogP contribution in [0.2, 0.25) is 0 Å². The highest BCUT2D eigenvalue weighted by Crippen LogP contribution is 2.28. The standard InChI is InChI=1S/C23H29N3O4S/c1-15-8-10-26(11-9-15)31(29,30)21-14-19(12-16(2)17(21)3)23(28)25-20-7-5-6-18(13-20)22(27)24-4/h5-7,12-15H,8-11H2,1-4H3,(H,24,27)(H,25,28). The first kappa shape index (κ1) is 23.0. The molecule has 2 aromatic rings. The summed E-state index contributed by atoms with van der Waals surface area (Å²) >= 11 is 0. The maximum atomic E-state index is 13.3. The van der Waals surface area contributed by atoms with Gasteiger partial charge in [-0.3, -0.25) is 9.59 Å². The minimum absolute atomic E-state index is 0.173. The number of benzene rings is 2. The fourth-order valence-electron chi connectivity index (χ4n) is 3.68. The summed E-state index contributed by atoms with van der Waals surface area (Å²) in [5.74, 6) is -0.177. The average Bonchev–Trinajstić information content (AvgIpc) is 2.75. The molecule has 8 heteroatoms. The highest BCUT2D eigenvalue weighted by Gasteiger charge is 2.30. The summed E-state index contributed by atoms with van der Waals surface area (Å²) < 4.78 is 28.1. The Kier molecular flexibility index (Phi) is 6.81. The molecule has 0 unspecified atom stereocenters. The summed E-state index contributed by atoms with van der Waals surface area (Å²) in [7, 11) is -2.15. The lowest BCUT2D eigenvalue weighted by atomic mass is 10.0. The SMILES string of the molecule is CNC(=O)c1cccc(NC(=O)c2cc(C)c(C)c(S(=O)(=O)N3CCC(C)CC3)c2)c1. The number of aryl methyl sites for hydroxylation is 1. The lowest BCUT2D eigenvalue weighted by molar-refractivity contribution is 0.0961. The zero-order valence-corrected chi connectivity index (χ0v) is 19.2. The number of hydrogen-bond donors (Lipinski definition) is 2. The molecule has 0 bridgehead atoms. The molecule has 2 amide bonds. The molecular weight excluding hydrogens is 414 g/mol. The van der Waals surface area contributed by atoms with Crippen molar-refractivity contribution < 1.29 is 18.0 Å². The molecule has 1 aliphatic heterocycles. The first-order chi connectivity index (χ1) is 14.6. The molecule has 0 aromatic heterocycles. The molecule has 1 fully saturated rings. The number of anilines is 1. The Labute approximate surface area is 183 Å². The van der Waals surface area contributed by atoms with Crippen molar-refractivity contribution in [3.63, 3.8) is 0 Å². The molecule has 0 atom stereocenters. The van der Waals surface area contributed by atoms with E-state index in [0.29, 0.717) is 35.8 Å². The summed E-state index contributed by atoms with van der Waals surface area (Å²) in [5, 5.41) is 5.30. The number of piperidine rings is 1. The Morgan fingerprint density at radius 2 is 1.68 bits per heavy atom. The Bertz CT molecular complexity index is 1100. The van der Waals surface area contributed by atoms with Crippen LogP contribution in [0.4, 0.5) is 5.69 Å². The van der Waals surface area contributed by atoms with Gasteiger partial charge in [-0.1, -0.05) is 13.0 Å². The molecule has 7 nitrogen and oxygen atoms in total. The van der Waals surface area contributed by atoms with E-state index in [9.17, 15) is 18.0 Å². The molecule has 0 saturated carbocycles. The van der Waals surface area contributed by atoms with Gasteiger partial charge in [0.1, 0.15) is 0 Å². The number of nitrogens with zero attached hydrogens (tertiary/aromatic N) is 1. The van der Waals surface area contributed by atoms with Crippen LogP contribution in [-0.2, 0) is 10.0 Å². The van der Waals surface area contributed by atoms with E-state index in [4.69, 9.17) is 0 Å². The molecule has 2 aromatic carbocycles. The van der Waals surface area contributed by atoms with Crippen LogP contribution in [0.3, 0.4) is 0 Å². The first-order valence-electron chi connectivity index (χ1n) is 10.4. The van der Waals surface area contributed by atoms with Crippen LogP contribution in [0.25, 0.3) is 0 Å². The fourth-order valence-corrected chi connectivity index (χ4v) is 5.47. The molecule has 0 radical (unpaired) electrons. The Morgan fingerprint density at radius 1 is 1.00 bits per heavy atom. The van der Waals surface area contributed by atoms with Crippen LogP contribution in [0.15, 0.2) is 41.3 Å². The normalized spacial score (nSPS) is 15.5. The zero-order valence-electron chi connectivity index (χ0n) is 18.4. The Hall–Kier alpha value is -2.71. The molecule has 0 spiro atoms. The topological polar surface area (TPSA) is 95.6 Å². The van der Waals surface area contributed by atoms with E-state index in [1.807, 2.05) is 0 Å². The van der Waals surface area contributed by atoms with Crippen molar-refractivity contribution in [2.75, 3.05) is 25.5 Å². The highest BCUT2D eigenvalue weighted by molar-refractivity contribution is 7.89. The predicted octanol–water partition coefficient (Wildman–Crippen LogP) is 3.34. The third-order valence-corrected chi connectivity index (χ3v) is 7.88. The van der Waals surface area contributed by atoms with Crippen molar-refractivity contribution in [3.8, 4) is 0 Å². The van der Waals surface area contributed by atoms with Gasteiger partial charge in [-0.15, -0.1) is 0 Å². The summed E-state index contributed by atoms with van der Waals surface area (Å²) in [6, 6.07) is 9.71. The van der Waals surface area contributed by atoms with Gasteiger partial charge in [0.15, 0.2) is 0 Å². The molecule has 1 saturated heterocycles. The number of carbonyl (C=O) groups excluding carboxylic acids is 2.